The van der Waals surface area contributed by atoms with Crippen LogP contribution < -0.4 is 10.9 Å². The molecule has 0 unspecified atom stereocenters. The summed E-state index contributed by atoms with van der Waals surface area (Å²) in [6.07, 6.45) is 0. The van der Waals surface area contributed by atoms with Crippen molar-refractivity contribution >= 4 is 32.7 Å². The number of halogens is 1. The Morgan fingerprint density at radius 1 is 1.05 bits per heavy atom. The SMILES string of the molecule is Cn1c(=N)n(CCNc2ccc(Br)cc2)c2ccccc21. The molecule has 0 spiro atoms. The predicted octanol–water partition coefficient (Wildman–Crippen LogP) is 3.33. The summed E-state index contributed by atoms with van der Waals surface area (Å²) in [6, 6.07) is 16.2. The van der Waals surface area contributed by atoms with Crippen LogP contribution in [0.3, 0.4) is 0 Å². The fraction of sp³-hybridized carbons (Fsp3) is 0.188. The third-order valence-corrected chi connectivity index (χ3v) is 4.14. The number of rotatable bonds is 4. The Balaban J connectivity index is 1.78. The van der Waals surface area contributed by atoms with E-state index in [1.165, 1.54) is 0 Å². The number of anilines is 1. The summed E-state index contributed by atoms with van der Waals surface area (Å²) in [7, 11) is 1.93. The van der Waals surface area contributed by atoms with E-state index < -0.39 is 0 Å². The van der Waals surface area contributed by atoms with Crippen LogP contribution in [0.15, 0.2) is 53.0 Å². The number of hydrogen-bond acceptors (Lipinski definition) is 2. The van der Waals surface area contributed by atoms with E-state index in [1.807, 2.05) is 58.6 Å². The molecule has 4 nitrogen and oxygen atoms in total. The Morgan fingerprint density at radius 3 is 2.43 bits per heavy atom. The molecule has 0 saturated heterocycles. The number of nitrogens with one attached hydrogen (secondary N) is 2. The highest BCUT2D eigenvalue weighted by molar-refractivity contribution is 9.10. The van der Waals surface area contributed by atoms with Gasteiger partial charge in [-0.25, -0.2) is 0 Å². The van der Waals surface area contributed by atoms with Crippen LogP contribution in [0.4, 0.5) is 5.69 Å². The van der Waals surface area contributed by atoms with Crippen LogP contribution in [0.1, 0.15) is 0 Å². The first kappa shape index (κ1) is 13.9. The number of nitrogens with zero attached hydrogens (tertiary/aromatic N) is 2. The summed E-state index contributed by atoms with van der Waals surface area (Å²) in [5, 5.41) is 11.6. The third-order valence-electron chi connectivity index (χ3n) is 3.62. The van der Waals surface area contributed by atoms with Crippen molar-refractivity contribution in [2.24, 2.45) is 7.05 Å². The van der Waals surface area contributed by atoms with E-state index >= 15 is 0 Å². The monoisotopic (exact) mass is 344 g/mol. The Kier molecular flexibility index (Phi) is 3.84. The van der Waals surface area contributed by atoms with Gasteiger partial charge in [-0.05, 0) is 36.4 Å². The molecule has 108 valence electrons. The number of benzene rings is 2. The molecule has 0 amide bonds. The first-order valence-electron chi connectivity index (χ1n) is 6.85. The van der Waals surface area contributed by atoms with Crippen molar-refractivity contribution in [3.05, 3.63) is 58.6 Å². The van der Waals surface area contributed by atoms with Gasteiger partial charge in [0.2, 0.25) is 5.62 Å². The van der Waals surface area contributed by atoms with Crippen molar-refractivity contribution in [2.45, 2.75) is 6.54 Å². The average Bonchev–Trinajstić information content (AvgIpc) is 2.75. The number of aromatic nitrogens is 2. The van der Waals surface area contributed by atoms with E-state index in [0.29, 0.717) is 5.62 Å². The van der Waals surface area contributed by atoms with Crippen LogP contribution in [-0.4, -0.2) is 15.7 Å². The van der Waals surface area contributed by atoms with Crippen LogP contribution in [-0.2, 0) is 13.6 Å². The van der Waals surface area contributed by atoms with E-state index in [1.54, 1.807) is 0 Å². The maximum atomic E-state index is 8.23. The molecule has 3 rings (SSSR count). The van der Waals surface area contributed by atoms with Gasteiger partial charge in [-0.15, -0.1) is 0 Å². The van der Waals surface area contributed by atoms with Gasteiger partial charge in [0.25, 0.3) is 0 Å². The molecule has 21 heavy (non-hydrogen) atoms. The molecule has 0 fully saturated rings. The topological polar surface area (TPSA) is 45.7 Å². The zero-order chi connectivity index (χ0) is 14.8. The molecule has 0 bridgehead atoms. The van der Waals surface area contributed by atoms with Gasteiger partial charge in [0.15, 0.2) is 0 Å². The average molecular weight is 345 g/mol. The van der Waals surface area contributed by atoms with Crippen molar-refractivity contribution in [3.63, 3.8) is 0 Å². The Labute approximate surface area is 131 Å². The molecule has 0 radical (unpaired) electrons. The second-order valence-electron chi connectivity index (χ2n) is 4.96. The van der Waals surface area contributed by atoms with Crippen molar-refractivity contribution in [1.82, 2.24) is 9.13 Å². The fourth-order valence-electron chi connectivity index (χ4n) is 2.49. The molecule has 0 atom stereocenters. The van der Waals surface area contributed by atoms with Gasteiger partial charge in [-0.3, -0.25) is 5.41 Å². The molecular weight excluding hydrogens is 328 g/mol. The summed E-state index contributed by atoms with van der Waals surface area (Å²) in [5.74, 6) is 0. The van der Waals surface area contributed by atoms with E-state index in [9.17, 15) is 0 Å². The number of aryl methyl sites for hydroxylation is 1. The maximum Gasteiger partial charge on any atom is 0.202 e. The second-order valence-corrected chi connectivity index (χ2v) is 5.87. The zero-order valence-electron chi connectivity index (χ0n) is 11.8. The Bertz CT molecular complexity index is 814. The molecule has 3 aromatic rings. The van der Waals surface area contributed by atoms with Crippen LogP contribution in [0.2, 0.25) is 0 Å². The van der Waals surface area contributed by atoms with E-state index in [2.05, 4.69) is 27.3 Å². The summed E-state index contributed by atoms with van der Waals surface area (Å²) >= 11 is 3.43. The minimum Gasteiger partial charge on any atom is -0.383 e. The fourth-order valence-corrected chi connectivity index (χ4v) is 2.76. The minimum atomic E-state index is 0.522. The molecular formula is C16H17BrN4. The van der Waals surface area contributed by atoms with E-state index in [-0.39, 0.29) is 0 Å². The minimum absolute atomic E-state index is 0.522. The molecule has 0 aliphatic rings. The van der Waals surface area contributed by atoms with Gasteiger partial charge >= 0.3 is 0 Å². The lowest BCUT2D eigenvalue weighted by atomic mass is 10.3. The zero-order valence-corrected chi connectivity index (χ0v) is 13.4. The lowest BCUT2D eigenvalue weighted by molar-refractivity contribution is 0.658. The Hall–Kier alpha value is -2.01. The highest BCUT2D eigenvalue weighted by Gasteiger charge is 2.06. The van der Waals surface area contributed by atoms with E-state index in [0.717, 1.165) is 34.3 Å². The number of fused-ring (bicyclic) bond motifs is 1. The summed E-state index contributed by atoms with van der Waals surface area (Å²) in [5.41, 5.74) is 3.80. The lowest BCUT2D eigenvalue weighted by Crippen LogP contribution is -2.25. The lowest BCUT2D eigenvalue weighted by Gasteiger charge is -2.08. The van der Waals surface area contributed by atoms with Crippen LogP contribution in [0, 0.1) is 5.41 Å². The molecule has 0 aliphatic carbocycles. The van der Waals surface area contributed by atoms with Gasteiger partial charge in [0, 0.05) is 30.3 Å². The quantitative estimate of drug-likeness (QED) is 0.749. The predicted molar refractivity (Wildman–Crippen MR) is 89.4 cm³/mol. The van der Waals surface area contributed by atoms with Gasteiger partial charge in [0.05, 0.1) is 11.0 Å². The first-order valence-corrected chi connectivity index (χ1v) is 7.64. The molecule has 1 aromatic heterocycles. The molecule has 0 saturated carbocycles. The summed E-state index contributed by atoms with van der Waals surface area (Å²) < 4.78 is 5.01. The largest absolute Gasteiger partial charge is 0.383 e. The van der Waals surface area contributed by atoms with Crippen molar-refractivity contribution in [2.75, 3.05) is 11.9 Å². The highest BCUT2D eigenvalue weighted by atomic mass is 79.9. The summed E-state index contributed by atoms with van der Waals surface area (Å²) in [6.45, 7) is 1.54. The second kappa shape index (κ2) is 5.77. The highest BCUT2D eigenvalue weighted by Crippen LogP contribution is 2.14. The molecule has 2 N–H and O–H groups in total. The third kappa shape index (κ3) is 2.74. The van der Waals surface area contributed by atoms with Gasteiger partial charge < -0.3 is 14.5 Å². The van der Waals surface area contributed by atoms with Crippen molar-refractivity contribution in [1.29, 1.82) is 5.41 Å². The number of imidazole rings is 1. The van der Waals surface area contributed by atoms with Crippen molar-refractivity contribution < 1.29 is 0 Å². The normalized spacial score (nSPS) is 11.0. The Morgan fingerprint density at radius 2 is 1.71 bits per heavy atom. The summed E-state index contributed by atoms with van der Waals surface area (Å²) in [4.78, 5) is 0. The number of para-hydroxylation sites is 2. The van der Waals surface area contributed by atoms with Gasteiger partial charge in [-0.2, -0.15) is 0 Å². The van der Waals surface area contributed by atoms with Gasteiger partial charge in [-0.1, -0.05) is 28.1 Å². The standard InChI is InChI=1S/C16H17BrN4/c1-20-14-4-2-3-5-15(14)21(16(20)18)11-10-19-13-8-6-12(17)7-9-13/h2-9,18-19H,10-11H2,1H3. The van der Waals surface area contributed by atoms with Crippen LogP contribution in [0.25, 0.3) is 11.0 Å². The van der Waals surface area contributed by atoms with Gasteiger partial charge in [0.1, 0.15) is 0 Å². The van der Waals surface area contributed by atoms with E-state index in [4.69, 9.17) is 5.41 Å². The number of hydrogen-bond donors (Lipinski definition) is 2. The molecule has 5 heteroatoms. The molecule has 1 heterocycles. The molecule has 0 aliphatic heterocycles. The first-order chi connectivity index (χ1) is 10.2. The smallest absolute Gasteiger partial charge is 0.202 e. The maximum absolute atomic E-state index is 8.23. The van der Waals surface area contributed by atoms with Crippen molar-refractivity contribution in [3.8, 4) is 0 Å². The molecule has 2 aromatic carbocycles. The van der Waals surface area contributed by atoms with Crippen LogP contribution >= 0.6 is 15.9 Å². The van der Waals surface area contributed by atoms with Crippen LogP contribution in [0.5, 0.6) is 0 Å².